The molecular weight excluding hydrogens is 220 g/mol. The molecule has 18 heavy (non-hydrogen) atoms. The van der Waals surface area contributed by atoms with Crippen LogP contribution in [0.5, 0.6) is 0 Å². The van der Waals surface area contributed by atoms with Crippen LogP contribution in [0.25, 0.3) is 10.8 Å². The summed E-state index contributed by atoms with van der Waals surface area (Å²) < 4.78 is 0. The Morgan fingerprint density at radius 3 is 2.28 bits per heavy atom. The smallest absolute Gasteiger partial charge is 0.0580 e. The lowest BCUT2D eigenvalue weighted by atomic mass is 10.0. The SMILES string of the molecule is Nc1cnc(Cc2ccccc2)c2ccccc12. The first-order valence-electron chi connectivity index (χ1n) is 6.00. The number of anilines is 1. The number of aromatic nitrogens is 1. The van der Waals surface area contributed by atoms with Crippen molar-refractivity contribution in [3.63, 3.8) is 0 Å². The lowest BCUT2D eigenvalue weighted by Gasteiger charge is -2.07. The van der Waals surface area contributed by atoms with E-state index in [1.807, 2.05) is 24.3 Å². The average Bonchev–Trinajstić information content (AvgIpc) is 2.44. The normalized spacial score (nSPS) is 10.7. The molecule has 1 heterocycles. The van der Waals surface area contributed by atoms with Gasteiger partial charge in [0, 0.05) is 17.2 Å². The van der Waals surface area contributed by atoms with E-state index >= 15 is 0 Å². The van der Waals surface area contributed by atoms with Gasteiger partial charge in [-0.25, -0.2) is 0 Å². The van der Waals surface area contributed by atoms with E-state index in [1.165, 1.54) is 5.56 Å². The summed E-state index contributed by atoms with van der Waals surface area (Å²) in [5.74, 6) is 0. The molecule has 2 nitrogen and oxygen atoms in total. The van der Waals surface area contributed by atoms with Crippen LogP contribution >= 0.6 is 0 Å². The van der Waals surface area contributed by atoms with Gasteiger partial charge in [-0.2, -0.15) is 0 Å². The first kappa shape index (κ1) is 10.8. The molecule has 0 radical (unpaired) electrons. The second-order valence-electron chi connectivity index (χ2n) is 4.37. The molecule has 88 valence electrons. The number of rotatable bonds is 2. The molecule has 1 aromatic heterocycles. The second-order valence-corrected chi connectivity index (χ2v) is 4.37. The van der Waals surface area contributed by atoms with Crippen molar-refractivity contribution in [3.05, 3.63) is 72.1 Å². The van der Waals surface area contributed by atoms with Crippen molar-refractivity contribution in [3.8, 4) is 0 Å². The molecular formula is C16H14N2. The standard InChI is InChI=1S/C16H14N2/c17-15-11-18-16(10-12-6-2-1-3-7-12)14-9-5-4-8-13(14)15/h1-9,11H,10,17H2. The van der Waals surface area contributed by atoms with E-state index in [-0.39, 0.29) is 0 Å². The third-order valence-corrected chi connectivity index (χ3v) is 3.12. The van der Waals surface area contributed by atoms with Crippen molar-refractivity contribution < 1.29 is 0 Å². The Morgan fingerprint density at radius 2 is 1.50 bits per heavy atom. The molecule has 0 bridgehead atoms. The maximum absolute atomic E-state index is 5.96. The Balaban J connectivity index is 2.10. The summed E-state index contributed by atoms with van der Waals surface area (Å²) in [4.78, 5) is 4.48. The van der Waals surface area contributed by atoms with Gasteiger partial charge < -0.3 is 5.73 Å². The highest BCUT2D eigenvalue weighted by Crippen LogP contribution is 2.24. The van der Waals surface area contributed by atoms with Crippen molar-refractivity contribution in [1.29, 1.82) is 0 Å². The van der Waals surface area contributed by atoms with Crippen LogP contribution in [-0.2, 0) is 6.42 Å². The van der Waals surface area contributed by atoms with E-state index in [2.05, 4.69) is 35.3 Å². The van der Waals surface area contributed by atoms with E-state index in [1.54, 1.807) is 6.20 Å². The van der Waals surface area contributed by atoms with Gasteiger partial charge in [-0.05, 0) is 5.56 Å². The van der Waals surface area contributed by atoms with Crippen LogP contribution in [0.4, 0.5) is 5.69 Å². The Morgan fingerprint density at radius 1 is 0.833 bits per heavy atom. The maximum Gasteiger partial charge on any atom is 0.0580 e. The molecule has 0 atom stereocenters. The van der Waals surface area contributed by atoms with E-state index in [0.29, 0.717) is 0 Å². The van der Waals surface area contributed by atoms with Gasteiger partial charge in [0.1, 0.15) is 0 Å². The number of hydrogen-bond donors (Lipinski definition) is 1. The quantitative estimate of drug-likeness (QED) is 0.738. The molecule has 2 aromatic carbocycles. The van der Waals surface area contributed by atoms with Gasteiger partial charge in [0.05, 0.1) is 17.6 Å². The van der Waals surface area contributed by atoms with Crippen molar-refractivity contribution in [2.24, 2.45) is 0 Å². The average molecular weight is 234 g/mol. The van der Waals surface area contributed by atoms with Gasteiger partial charge in [-0.15, -0.1) is 0 Å². The summed E-state index contributed by atoms with van der Waals surface area (Å²) in [5, 5.41) is 2.22. The molecule has 0 fully saturated rings. The van der Waals surface area contributed by atoms with Crippen molar-refractivity contribution in [2.75, 3.05) is 5.73 Å². The number of benzene rings is 2. The Bertz CT molecular complexity index is 675. The highest BCUT2D eigenvalue weighted by molar-refractivity contribution is 5.93. The van der Waals surface area contributed by atoms with Gasteiger partial charge in [-0.1, -0.05) is 54.6 Å². The van der Waals surface area contributed by atoms with Crippen molar-refractivity contribution >= 4 is 16.5 Å². The van der Waals surface area contributed by atoms with E-state index in [0.717, 1.165) is 28.6 Å². The molecule has 3 aromatic rings. The van der Waals surface area contributed by atoms with E-state index in [9.17, 15) is 0 Å². The molecule has 0 spiro atoms. The van der Waals surface area contributed by atoms with Crippen molar-refractivity contribution in [2.45, 2.75) is 6.42 Å². The van der Waals surface area contributed by atoms with Crippen molar-refractivity contribution in [1.82, 2.24) is 4.98 Å². The summed E-state index contributed by atoms with van der Waals surface area (Å²) in [6.45, 7) is 0. The van der Waals surface area contributed by atoms with Crippen LogP contribution in [0.1, 0.15) is 11.3 Å². The summed E-state index contributed by atoms with van der Waals surface area (Å²) in [6.07, 6.45) is 2.59. The van der Waals surface area contributed by atoms with Gasteiger partial charge in [0.25, 0.3) is 0 Å². The number of pyridine rings is 1. The number of nitrogen functional groups attached to an aromatic ring is 1. The molecule has 0 amide bonds. The lowest BCUT2D eigenvalue weighted by Crippen LogP contribution is -1.97. The first-order valence-corrected chi connectivity index (χ1v) is 6.00. The van der Waals surface area contributed by atoms with Crippen LogP contribution < -0.4 is 5.73 Å². The Kier molecular flexibility index (Phi) is 2.69. The second kappa shape index (κ2) is 4.49. The number of fused-ring (bicyclic) bond motifs is 1. The monoisotopic (exact) mass is 234 g/mol. The third-order valence-electron chi connectivity index (χ3n) is 3.12. The Labute approximate surface area is 106 Å². The van der Waals surface area contributed by atoms with Gasteiger partial charge in [0.15, 0.2) is 0 Å². The fourth-order valence-corrected chi connectivity index (χ4v) is 2.20. The van der Waals surface area contributed by atoms with Crippen LogP contribution in [0.15, 0.2) is 60.8 Å². The van der Waals surface area contributed by atoms with Crippen LogP contribution in [0, 0.1) is 0 Å². The molecule has 3 rings (SSSR count). The predicted molar refractivity (Wildman–Crippen MR) is 75.4 cm³/mol. The minimum absolute atomic E-state index is 0.738. The van der Waals surface area contributed by atoms with E-state index < -0.39 is 0 Å². The van der Waals surface area contributed by atoms with E-state index in [4.69, 9.17) is 5.73 Å². The Hall–Kier alpha value is -2.35. The molecule has 0 aliphatic heterocycles. The zero-order valence-electron chi connectivity index (χ0n) is 10.0. The third kappa shape index (κ3) is 1.93. The highest BCUT2D eigenvalue weighted by atomic mass is 14.7. The molecule has 0 aliphatic rings. The molecule has 0 saturated carbocycles. The molecule has 0 aliphatic carbocycles. The summed E-state index contributed by atoms with van der Waals surface area (Å²) in [5.41, 5.74) is 9.03. The molecule has 2 heteroatoms. The molecule has 0 unspecified atom stereocenters. The summed E-state index contributed by atoms with van der Waals surface area (Å²) >= 11 is 0. The maximum atomic E-state index is 5.96. The lowest BCUT2D eigenvalue weighted by molar-refractivity contribution is 1.10. The zero-order valence-corrected chi connectivity index (χ0v) is 10.0. The fourth-order valence-electron chi connectivity index (χ4n) is 2.20. The first-order chi connectivity index (χ1) is 8.84. The largest absolute Gasteiger partial charge is 0.397 e. The van der Waals surface area contributed by atoms with Gasteiger partial charge in [0.2, 0.25) is 0 Å². The molecule has 0 saturated heterocycles. The highest BCUT2D eigenvalue weighted by Gasteiger charge is 2.05. The van der Waals surface area contributed by atoms with Crippen LogP contribution in [0.2, 0.25) is 0 Å². The topological polar surface area (TPSA) is 38.9 Å². The predicted octanol–water partition coefficient (Wildman–Crippen LogP) is 3.41. The fraction of sp³-hybridized carbons (Fsp3) is 0.0625. The zero-order chi connectivity index (χ0) is 12.4. The number of hydrogen-bond acceptors (Lipinski definition) is 2. The summed E-state index contributed by atoms with van der Waals surface area (Å²) in [6, 6.07) is 18.5. The van der Waals surface area contributed by atoms with Gasteiger partial charge in [-0.3, -0.25) is 4.98 Å². The van der Waals surface area contributed by atoms with Crippen LogP contribution in [-0.4, -0.2) is 4.98 Å². The van der Waals surface area contributed by atoms with Crippen LogP contribution in [0.3, 0.4) is 0 Å². The summed E-state index contributed by atoms with van der Waals surface area (Å²) in [7, 11) is 0. The molecule has 2 N–H and O–H groups in total. The number of nitrogens with two attached hydrogens (primary N) is 1. The van der Waals surface area contributed by atoms with Gasteiger partial charge >= 0.3 is 0 Å². The minimum Gasteiger partial charge on any atom is -0.397 e. The number of nitrogens with zero attached hydrogens (tertiary/aromatic N) is 1. The minimum atomic E-state index is 0.738.